The first-order valence-electron chi connectivity index (χ1n) is 13.6. The van der Waals surface area contributed by atoms with Crippen LogP contribution in [0.2, 0.25) is 11.6 Å². The van der Waals surface area contributed by atoms with Crippen molar-refractivity contribution in [3.8, 4) is 0 Å². The number of hydrogen-bond acceptors (Lipinski definition) is 4. The molecule has 1 unspecified atom stereocenters. The third kappa shape index (κ3) is 9.75. The fourth-order valence-electron chi connectivity index (χ4n) is 4.76. The van der Waals surface area contributed by atoms with E-state index in [4.69, 9.17) is 17.7 Å². The lowest BCUT2D eigenvalue weighted by molar-refractivity contribution is 0.00976. The van der Waals surface area contributed by atoms with Gasteiger partial charge in [-0.1, -0.05) is 67.6 Å². The van der Waals surface area contributed by atoms with Gasteiger partial charge < -0.3 is 17.7 Å². The van der Waals surface area contributed by atoms with Crippen LogP contribution in [-0.4, -0.2) is 39.5 Å². The molecule has 6 heteroatoms. The molecule has 37 heavy (non-hydrogen) atoms. The molecule has 0 spiro atoms. The first-order valence-corrected chi connectivity index (χ1v) is 17.5. The monoisotopic (exact) mass is 544 g/mol. The molecule has 1 atom stereocenters. The Kier molecular flexibility index (Phi) is 9.88. The summed E-state index contributed by atoms with van der Waals surface area (Å²) in [5.41, 5.74) is -1.53. The maximum absolute atomic E-state index is 7.12. The minimum atomic E-state index is -3.06. The van der Waals surface area contributed by atoms with Crippen LogP contribution < -0.4 is 10.4 Å². The zero-order valence-electron chi connectivity index (χ0n) is 25.7. The Labute approximate surface area is 229 Å². The zero-order valence-corrected chi connectivity index (χ0v) is 27.7. The van der Waals surface area contributed by atoms with Crippen LogP contribution in [0.25, 0.3) is 0 Å². The maximum atomic E-state index is 7.12. The smallest absolute Gasteiger partial charge is 0.376 e. The van der Waals surface area contributed by atoms with Crippen molar-refractivity contribution in [2.75, 3.05) is 0 Å². The summed E-state index contributed by atoms with van der Waals surface area (Å²) in [6.45, 7) is 27.7. The maximum Gasteiger partial charge on any atom is 0.376 e. The lowest BCUT2D eigenvalue weighted by Gasteiger charge is -2.48. The lowest BCUT2D eigenvalue weighted by atomic mass is 10.2. The minimum Gasteiger partial charge on any atom is -0.386 e. The van der Waals surface area contributed by atoms with Crippen molar-refractivity contribution in [2.45, 2.75) is 124 Å². The van der Waals surface area contributed by atoms with E-state index in [0.29, 0.717) is 6.04 Å². The van der Waals surface area contributed by atoms with Gasteiger partial charge >= 0.3 is 17.1 Å². The van der Waals surface area contributed by atoms with Gasteiger partial charge in [-0.15, -0.1) is 0 Å². The van der Waals surface area contributed by atoms with E-state index in [1.165, 1.54) is 0 Å². The fraction of sp³-hybridized carbons (Fsp3) is 0.613. The summed E-state index contributed by atoms with van der Waals surface area (Å²) in [6, 6.07) is 21.8. The summed E-state index contributed by atoms with van der Waals surface area (Å²) in [7, 11) is -6.09. The van der Waals surface area contributed by atoms with Gasteiger partial charge in [0.2, 0.25) is 0 Å². The van der Waals surface area contributed by atoms with Gasteiger partial charge in [0.05, 0.1) is 22.4 Å². The summed E-state index contributed by atoms with van der Waals surface area (Å²) in [6.07, 6.45) is 0. The Morgan fingerprint density at radius 3 is 1.16 bits per heavy atom. The quantitative estimate of drug-likeness (QED) is 0.310. The first kappa shape index (κ1) is 31.9. The number of rotatable bonds is 9. The van der Waals surface area contributed by atoms with E-state index < -0.39 is 28.3 Å². The second-order valence-corrected chi connectivity index (χ2v) is 20.3. The molecule has 0 saturated carbocycles. The van der Waals surface area contributed by atoms with Crippen LogP contribution in [0.5, 0.6) is 0 Å². The van der Waals surface area contributed by atoms with Crippen molar-refractivity contribution in [1.29, 1.82) is 0 Å². The molecule has 0 aromatic heterocycles. The van der Waals surface area contributed by atoms with Crippen molar-refractivity contribution in [1.82, 2.24) is 0 Å². The zero-order chi connectivity index (χ0) is 28.3. The largest absolute Gasteiger partial charge is 0.386 e. The molecule has 0 radical (unpaired) electrons. The molecule has 2 rings (SSSR count). The Balaban J connectivity index is 2.82. The van der Waals surface area contributed by atoms with Crippen LogP contribution in [0.15, 0.2) is 60.7 Å². The molecule has 0 amide bonds. The number of benzene rings is 2. The summed E-state index contributed by atoms with van der Waals surface area (Å²) in [5.74, 6) is 0. The third-order valence-corrected chi connectivity index (χ3v) is 14.6. The second-order valence-electron chi connectivity index (χ2n) is 14.1. The SMILES string of the molecule is CC(C[Si](OC(C)(C)C)(OC(C)(C)C)c1ccccc1)[Si](OC(C)(C)C)(OC(C)(C)C)c1ccccc1. The molecule has 0 aliphatic carbocycles. The average Bonchev–Trinajstić information content (AvgIpc) is 2.70. The molecule has 0 fully saturated rings. The van der Waals surface area contributed by atoms with Gasteiger partial charge in [-0.25, -0.2) is 0 Å². The van der Waals surface area contributed by atoms with E-state index in [-0.39, 0.29) is 16.7 Å². The van der Waals surface area contributed by atoms with Gasteiger partial charge in [0, 0.05) is 11.6 Å². The van der Waals surface area contributed by atoms with Crippen LogP contribution in [0, 0.1) is 0 Å². The van der Waals surface area contributed by atoms with E-state index in [2.05, 4.69) is 151 Å². The highest BCUT2D eigenvalue weighted by Crippen LogP contribution is 2.40. The highest BCUT2D eigenvalue weighted by Gasteiger charge is 2.57. The molecule has 0 saturated heterocycles. The van der Waals surface area contributed by atoms with Gasteiger partial charge in [-0.3, -0.25) is 0 Å². The van der Waals surface area contributed by atoms with Crippen molar-refractivity contribution < 1.29 is 17.7 Å². The minimum absolute atomic E-state index is 0.0323. The fourth-order valence-corrected chi connectivity index (χ4v) is 14.5. The number of hydrogen-bond donors (Lipinski definition) is 0. The summed E-state index contributed by atoms with van der Waals surface area (Å²) in [5, 5.41) is 2.27. The Morgan fingerprint density at radius 1 is 0.514 bits per heavy atom. The summed E-state index contributed by atoms with van der Waals surface area (Å²) in [4.78, 5) is 0. The van der Waals surface area contributed by atoms with Crippen LogP contribution in [0.4, 0.5) is 0 Å². The van der Waals surface area contributed by atoms with Crippen LogP contribution in [-0.2, 0) is 17.7 Å². The van der Waals surface area contributed by atoms with Gasteiger partial charge in [-0.05, 0) is 93.5 Å². The normalized spacial score (nSPS) is 15.1. The molecule has 0 N–H and O–H groups in total. The van der Waals surface area contributed by atoms with Crippen LogP contribution in [0.1, 0.15) is 90.0 Å². The van der Waals surface area contributed by atoms with Gasteiger partial charge in [0.15, 0.2) is 0 Å². The Bertz CT molecular complexity index is 933. The van der Waals surface area contributed by atoms with Crippen molar-refractivity contribution in [3.63, 3.8) is 0 Å². The topological polar surface area (TPSA) is 36.9 Å². The summed E-state index contributed by atoms with van der Waals surface area (Å²) < 4.78 is 28.4. The molecule has 0 aliphatic rings. The Morgan fingerprint density at radius 2 is 0.838 bits per heavy atom. The van der Waals surface area contributed by atoms with E-state index in [0.717, 1.165) is 10.4 Å². The van der Waals surface area contributed by atoms with E-state index >= 15 is 0 Å². The van der Waals surface area contributed by atoms with E-state index in [1.54, 1.807) is 0 Å². The van der Waals surface area contributed by atoms with Crippen molar-refractivity contribution in [2.24, 2.45) is 0 Å². The molecular weight excluding hydrogens is 493 g/mol. The standard InChI is InChI=1S/C31H52O4Si2/c1-25(37(34-30(8,9)10,35-31(11,12)13)27-22-18-15-19-23-27)24-36(32-28(2,3)4,33-29(5,6)7)26-20-16-14-17-21-26/h14-23,25H,24H2,1-13H3. The lowest BCUT2D eigenvalue weighted by Crippen LogP contribution is -2.66. The first-order chi connectivity index (χ1) is 16.7. The molecular formula is C31H52O4Si2. The molecule has 2 aromatic rings. The molecule has 208 valence electrons. The van der Waals surface area contributed by atoms with Crippen LogP contribution >= 0.6 is 0 Å². The average molecular weight is 545 g/mol. The molecule has 2 aromatic carbocycles. The van der Waals surface area contributed by atoms with Crippen molar-refractivity contribution in [3.05, 3.63) is 60.7 Å². The second kappa shape index (κ2) is 11.4. The van der Waals surface area contributed by atoms with Crippen LogP contribution in [0.3, 0.4) is 0 Å². The predicted octanol–water partition coefficient (Wildman–Crippen LogP) is 7.34. The van der Waals surface area contributed by atoms with Gasteiger partial charge in [0.1, 0.15) is 0 Å². The van der Waals surface area contributed by atoms with Gasteiger partial charge in [-0.2, -0.15) is 0 Å². The predicted molar refractivity (Wildman–Crippen MR) is 161 cm³/mol. The van der Waals surface area contributed by atoms with E-state index in [9.17, 15) is 0 Å². The molecule has 4 nitrogen and oxygen atoms in total. The highest BCUT2D eigenvalue weighted by atomic mass is 28.4. The molecule has 0 aliphatic heterocycles. The van der Waals surface area contributed by atoms with Gasteiger partial charge in [0.25, 0.3) is 0 Å². The summed E-state index contributed by atoms with van der Waals surface area (Å²) >= 11 is 0. The highest BCUT2D eigenvalue weighted by molar-refractivity contribution is 6.87. The van der Waals surface area contributed by atoms with E-state index in [1.807, 2.05) is 0 Å². The molecule has 0 bridgehead atoms. The Hall–Kier alpha value is -1.29. The third-order valence-electron chi connectivity index (χ3n) is 5.47. The molecule has 0 heterocycles. The van der Waals surface area contributed by atoms with Crippen molar-refractivity contribution >= 4 is 27.5 Å².